The van der Waals surface area contributed by atoms with Gasteiger partial charge in [0, 0.05) is 0 Å². The van der Waals surface area contributed by atoms with Gasteiger partial charge in [0.2, 0.25) is 0 Å². The summed E-state index contributed by atoms with van der Waals surface area (Å²) in [4.78, 5) is 22.4. The van der Waals surface area contributed by atoms with Crippen LogP contribution < -0.4 is 5.32 Å². The summed E-state index contributed by atoms with van der Waals surface area (Å²) < 4.78 is 4.86. The molecule has 0 spiro atoms. The van der Waals surface area contributed by atoms with E-state index in [1.165, 1.54) is 18.7 Å². The minimum Gasteiger partial charge on any atom is -0.480 e. The van der Waals surface area contributed by atoms with E-state index in [1.54, 1.807) is 13.8 Å². The third-order valence-corrected chi connectivity index (χ3v) is 2.61. The molecule has 1 unspecified atom stereocenters. The fourth-order valence-corrected chi connectivity index (χ4v) is 1.61. The van der Waals surface area contributed by atoms with Crippen molar-refractivity contribution in [2.45, 2.75) is 38.8 Å². The number of nitrogens with one attached hydrogen (secondary N) is 1. The molecule has 6 heteroatoms. The Morgan fingerprint density at radius 3 is 2.44 bits per heavy atom. The number of hydrogen-bond donors (Lipinski definition) is 2. The minimum absolute atomic E-state index is 0.265. The molecule has 0 aliphatic rings. The number of carboxylic acid groups (broad SMARTS) is 1. The van der Waals surface area contributed by atoms with Crippen LogP contribution >= 0.6 is 11.8 Å². The van der Waals surface area contributed by atoms with Crippen molar-refractivity contribution in [1.82, 2.24) is 5.32 Å². The van der Waals surface area contributed by atoms with E-state index in [1.807, 2.05) is 6.26 Å². The second kappa shape index (κ2) is 6.62. The van der Waals surface area contributed by atoms with Crippen LogP contribution in [0.1, 0.15) is 27.2 Å². The Kier molecular flexibility index (Phi) is 6.25. The molecule has 2 N–H and O–H groups in total. The van der Waals surface area contributed by atoms with Crippen molar-refractivity contribution in [1.29, 1.82) is 0 Å². The summed E-state index contributed by atoms with van der Waals surface area (Å²) in [5.74, 6) is -0.396. The molecule has 0 aliphatic carbocycles. The Hall–Kier alpha value is -0.910. The standard InChI is InChI=1S/C10H19NO4S/c1-7(2)15-9(14)11-10(3,8(12)13)5-6-16-4/h7H,5-6H2,1-4H3,(H,11,14)(H,12,13). The normalized spacial score (nSPS) is 14.3. The molecule has 0 heterocycles. The third-order valence-electron chi connectivity index (χ3n) is 2.00. The van der Waals surface area contributed by atoms with E-state index >= 15 is 0 Å². The molecule has 0 fully saturated rings. The van der Waals surface area contributed by atoms with Crippen LogP contribution in [0.15, 0.2) is 0 Å². The molecule has 16 heavy (non-hydrogen) atoms. The predicted octanol–water partition coefficient (Wildman–Crippen LogP) is 1.72. The summed E-state index contributed by atoms with van der Waals surface area (Å²) in [6.07, 6.45) is 1.28. The number of thioether (sulfide) groups is 1. The quantitative estimate of drug-likeness (QED) is 0.749. The zero-order chi connectivity index (χ0) is 12.8. The summed E-state index contributed by atoms with van der Waals surface area (Å²) >= 11 is 1.53. The Morgan fingerprint density at radius 2 is 2.06 bits per heavy atom. The molecule has 0 rings (SSSR count). The van der Waals surface area contributed by atoms with Gasteiger partial charge in [-0.1, -0.05) is 0 Å². The SMILES string of the molecule is CSCCC(C)(NC(=O)OC(C)C)C(=O)O. The number of carboxylic acids is 1. The van der Waals surface area contributed by atoms with Gasteiger partial charge in [0.05, 0.1) is 6.10 Å². The predicted molar refractivity (Wildman–Crippen MR) is 63.8 cm³/mol. The zero-order valence-corrected chi connectivity index (χ0v) is 10.9. The first-order chi connectivity index (χ1) is 7.31. The lowest BCUT2D eigenvalue weighted by molar-refractivity contribution is -0.144. The largest absolute Gasteiger partial charge is 0.480 e. The number of hydrogen-bond acceptors (Lipinski definition) is 4. The highest BCUT2D eigenvalue weighted by Gasteiger charge is 2.35. The summed E-state index contributed by atoms with van der Waals surface area (Å²) in [5.41, 5.74) is -1.27. The second-order valence-electron chi connectivity index (χ2n) is 3.96. The number of aliphatic carboxylic acids is 1. The maximum Gasteiger partial charge on any atom is 0.408 e. The minimum atomic E-state index is -1.27. The number of amides is 1. The van der Waals surface area contributed by atoms with Gasteiger partial charge >= 0.3 is 12.1 Å². The summed E-state index contributed by atoms with van der Waals surface area (Å²) in [6, 6.07) is 0. The maximum atomic E-state index is 11.3. The molecule has 0 aromatic carbocycles. The lowest BCUT2D eigenvalue weighted by Crippen LogP contribution is -2.53. The van der Waals surface area contributed by atoms with Crippen LogP contribution in [-0.2, 0) is 9.53 Å². The Labute approximate surface area is 99.9 Å². The van der Waals surface area contributed by atoms with Crippen molar-refractivity contribution >= 4 is 23.8 Å². The molecule has 0 saturated heterocycles. The number of alkyl carbamates (subject to hydrolysis) is 1. The van der Waals surface area contributed by atoms with Crippen molar-refractivity contribution in [3.05, 3.63) is 0 Å². The second-order valence-corrected chi connectivity index (χ2v) is 4.94. The van der Waals surface area contributed by atoms with Gasteiger partial charge in [-0.3, -0.25) is 0 Å². The first-order valence-electron chi connectivity index (χ1n) is 5.03. The summed E-state index contributed by atoms with van der Waals surface area (Å²) in [6.45, 7) is 4.90. The Morgan fingerprint density at radius 1 is 1.50 bits per heavy atom. The average Bonchev–Trinajstić information content (AvgIpc) is 2.12. The van der Waals surface area contributed by atoms with Crippen LogP contribution in [0.5, 0.6) is 0 Å². The first-order valence-corrected chi connectivity index (χ1v) is 6.42. The third kappa shape index (κ3) is 5.25. The number of carbonyl (C=O) groups is 2. The van der Waals surface area contributed by atoms with Crippen molar-refractivity contribution < 1.29 is 19.4 Å². The molecule has 1 amide bonds. The number of ether oxygens (including phenoxy) is 1. The lowest BCUT2D eigenvalue weighted by atomic mass is 10.00. The molecular weight excluding hydrogens is 230 g/mol. The smallest absolute Gasteiger partial charge is 0.408 e. The maximum absolute atomic E-state index is 11.3. The molecule has 1 atom stereocenters. The molecule has 0 bridgehead atoms. The van der Waals surface area contributed by atoms with Gasteiger partial charge in [0.15, 0.2) is 0 Å². The van der Waals surface area contributed by atoms with Crippen LogP contribution in [0.25, 0.3) is 0 Å². The van der Waals surface area contributed by atoms with Crippen molar-refractivity contribution in [2.75, 3.05) is 12.0 Å². The van der Waals surface area contributed by atoms with Gasteiger partial charge in [-0.2, -0.15) is 11.8 Å². The fourth-order valence-electron chi connectivity index (χ4n) is 0.998. The van der Waals surface area contributed by atoms with Gasteiger partial charge in [-0.15, -0.1) is 0 Å². The van der Waals surface area contributed by atoms with Crippen molar-refractivity contribution in [3.63, 3.8) is 0 Å². The molecule has 0 aliphatic heterocycles. The van der Waals surface area contributed by atoms with Gasteiger partial charge < -0.3 is 15.2 Å². The van der Waals surface area contributed by atoms with Gasteiger partial charge in [-0.25, -0.2) is 9.59 Å². The molecule has 0 saturated carbocycles. The van der Waals surface area contributed by atoms with Crippen LogP contribution in [0.4, 0.5) is 4.79 Å². The molecule has 0 aromatic heterocycles. The van der Waals surface area contributed by atoms with Crippen LogP contribution in [-0.4, -0.2) is 40.8 Å². The summed E-state index contributed by atoms with van der Waals surface area (Å²) in [5, 5.41) is 11.4. The van der Waals surface area contributed by atoms with E-state index in [4.69, 9.17) is 9.84 Å². The molecule has 5 nitrogen and oxygen atoms in total. The van der Waals surface area contributed by atoms with E-state index in [2.05, 4.69) is 5.32 Å². The Balaban J connectivity index is 4.43. The average molecular weight is 249 g/mol. The molecular formula is C10H19NO4S. The van der Waals surface area contributed by atoms with Crippen LogP contribution in [0.3, 0.4) is 0 Å². The fraction of sp³-hybridized carbons (Fsp3) is 0.800. The topological polar surface area (TPSA) is 75.6 Å². The Bertz CT molecular complexity index is 257. The van der Waals surface area contributed by atoms with E-state index in [0.717, 1.165) is 0 Å². The summed E-state index contributed by atoms with van der Waals surface area (Å²) in [7, 11) is 0. The molecule has 0 aromatic rings. The van der Waals surface area contributed by atoms with Gasteiger partial charge in [0.1, 0.15) is 5.54 Å². The van der Waals surface area contributed by atoms with Gasteiger partial charge in [-0.05, 0) is 39.2 Å². The van der Waals surface area contributed by atoms with Crippen LogP contribution in [0, 0.1) is 0 Å². The van der Waals surface area contributed by atoms with Crippen LogP contribution in [0.2, 0.25) is 0 Å². The molecule has 0 radical (unpaired) electrons. The van der Waals surface area contributed by atoms with E-state index < -0.39 is 17.6 Å². The lowest BCUT2D eigenvalue weighted by Gasteiger charge is -2.26. The number of rotatable bonds is 6. The highest BCUT2D eigenvalue weighted by atomic mass is 32.2. The molecule has 94 valence electrons. The highest BCUT2D eigenvalue weighted by Crippen LogP contribution is 2.14. The number of carbonyl (C=O) groups excluding carboxylic acids is 1. The van der Waals surface area contributed by atoms with E-state index in [0.29, 0.717) is 12.2 Å². The highest BCUT2D eigenvalue weighted by molar-refractivity contribution is 7.98. The van der Waals surface area contributed by atoms with E-state index in [-0.39, 0.29) is 6.10 Å². The van der Waals surface area contributed by atoms with Crippen molar-refractivity contribution in [3.8, 4) is 0 Å². The van der Waals surface area contributed by atoms with E-state index in [9.17, 15) is 9.59 Å². The zero-order valence-electron chi connectivity index (χ0n) is 10.1. The van der Waals surface area contributed by atoms with Gasteiger partial charge in [0.25, 0.3) is 0 Å². The van der Waals surface area contributed by atoms with Crippen molar-refractivity contribution in [2.24, 2.45) is 0 Å². The monoisotopic (exact) mass is 249 g/mol. The first kappa shape index (κ1) is 15.1.